The van der Waals surface area contributed by atoms with Crippen molar-refractivity contribution in [2.24, 2.45) is 0 Å². The van der Waals surface area contributed by atoms with Crippen molar-refractivity contribution in [1.29, 1.82) is 0 Å². The van der Waals surface area contributed by atoms with E-state index in [9.17, 15) is 0 Å². The van der Waals surface area contributed by atoms with Crippen molar-refractivity contribution in [3.63, 3.8) is 0 Å². The first-order valence-electron chi connectivity index (χ1n) is 36.1. The fraction of sp³-hybridized carbons (Fsp3) is 0.333. The summed E-state index contributed by atoms with van der Waals surface area (Å²) < 4.78 is 0. The zero-order chi connectivity index (χ0) is 75.7. The quantitative estimate of drug-likeness (QED) is 0.142. The molecule has 0 bridgehead atoms. The molecule has 0 saturated carbocycles. The Balaban J connectivity index is -0.000000153. The molecule has 99 heavy (non-hydrogen) atoms. The molecule has 0 saturated heterocycles. The number of hydrogen-bond donors (Lipinski definition) is 0. The molecule has 0 aliphatic carbocycles. The summed E-state index contributed by atoms with van der Waals surface area (Å²) in [4.78, 5) is 32.5. The number of para-hydroxylation sites is 4. The van der Waals surface area contributed by atoms with E-state index in [2.05, 4.69) is 84.5 Å². The van der Waals surface area contributed by atoms with Gasteiger partial charge in [0.2, 0.25) is 0 Å². The summed E-state index contributed by atoms with van der Waals surface area (Å²) in [5.74, 6) is 0. The second-order valence-electron chi connectivity index (χ2n) is 14.8. The maximum Gasteiger partial charge on any atom is 0.159 e. The molecule has 12 nitrogen and oxygen atoms in total. The summed E-state index contributed by atoms with van der Waals surface area (Å²) in [6.07, 6.45) is 21.0. The van der Waals surface area contributed by atoms with Crippen molar-refractivity contribution in [3.05, 3.63) is 269 Å². The highest BCUT2D eigenvalue weighted by molar-refractivity contribution is 5.82. The summed E-state index contributed by atoms with van der Waals surface area (Å²) >= 11 is 0. The molecule has 0 N–H and O–H groups in total. The molecule has 0 amide bonds. The molecule has 540 valence electrons. The lowest BCUT2D eigenvalue weighted by atomic mass is 10.2. The topological polar surface area (TPSA) is 155 Å². The number of rotatable bonds is 0. The lowest BCUT2D eigenvalue weighted by Crippen LogP contribution is -1.79. The van der Waals surface area contributed by atoms with Gasteiger partial charge in [-0.3, -0.25) is 19.9 Å². The molecule has 0 aliphatic rings. The molecule has 0 unspecified atom stereocenters. The van der Waals surface area contributed by atoms with E-state index in [0.717, 1.165) is 60.2 Å². The van der Waals surface area contributed by atoms with Crippen LogP contribution in [0.5, 0.6) is 0 Å². The molecular formula is C87H132N12. The van der Waals surface area contributed by atoms with Crippen LogP contribution in [0, 0.1) is 0 Å². The fourth-order valence-corrected chi connectivity index (χ4v) is 6.65. The SMILES string of the molecule is C.CC.CC.CC.CC.CC.CC.CC.CC.CC.CC.CC.CC.CC.CC.c1ccc2cnccc2c1.c1ccc2cnncc2c1.c1ccc2ncccc2c1.c1ccc2nccnc2c1.c1ccc2ncncc2c1.c1ccc2nnccc2c1.c1cnc2ncccc2c1. The van der Waals surface area contributed by atoms with Crippen molar-refractivity contribution >= 4 is 76.3 Å². The lowest BCUT2D eigenvalue weighted by Gasteiger charge is -1.91. The summed E-state index contributed by atoms with van der Waals surface area (Å²) in [5.41, 5.74) is 5.72. The molecule has 0 spiro atoms. The summed E-state index contributed by atoms with van der Waals surface area (Å²) in [6, 6.07) is 63.7. The van der Waals surface area contributed by atoms with Crippen LogP contribution in [-0.4, -0.2) is 60.3 Å². The van der Waals surface area contributed by atoms with Gasteiger partial charge in [0.05, 0.1) is 46.2 Å². The molecule has 14 aromatic rings. The van der Waals surface area contributed by atoms with E-state index in [1.807, 2.05) is 389 Å². The normalized spacial score (nSPS) is 7.92. The van der Waals surface area contributed by atoms with Gasteiger partial charge in [-0.05, 0) is 83.6 Å². The molecule has 6 aromatic carbocycles. The van der Waals surface area contributed by atoms with Gasteiger partial charge in [0, 0.05) is 81.9 Å². The number of aromatic nitrogens is 12. The van der Waals surface area contributed by atoms with Crippen LogP contribution in [0.2, 0.25) is 0 Å². The standard InChI is InChI=1S/2C9H7N.5C8H6N2.14C2H6.CH4/c1-2-6-9-8(4-1)5-3-7-10-9;1-2-4-9-7-10-6-5-8(9)3-1;1-3-7-4-2-6-10-8(7)9-5-1;1-2-4-8-7(3-1)5-9-6-10-8;1-2-4-8-6-10-9-5-7(8)3-1;1-2-4-8-7(3-1)9-5-6-10-8;1-2-4-8-7(3-1)5-6-9-10-8;14*1-2;/h2*1-7H;5*1-6H;14*1-2H3;1H4. The van der Waals surface area contributed by atoms with Gasteiger partial charge in [0.25, 0.3) is 0 Å². The highest BCUT2D eigenvalue weighted by Crippen LogP contribution is 2.12. The van der Waals surface area contributed by atoms with Crippen molar-refractivity contribution < 1.29 is 0 Å². The minimum absolute atomic E-state index is 0. The van der Waals surface area contributed by atoms with E-state index in [1.165, 1.54) is 16.2 Å². The van der Waals surface area contributed by atoms with E-state index in [-0.39, 0.29) is 7.43 Å². The fourth-order valence-electron chi connectivity index (χ4n) is 6.65. The first kappa shape index (κ1) is 105. The molecule has 0 aliphatic heterocycles. The van der Waals surface area contributed by atoms with Crippen LogP contribution in [0.15, 0.2) is 269 Å². The minimum Gasteiger partial charge on any atom is -0.264 e. The molecule has 14 rings (SSSR count). The van der Waals surface area contributed by atoms with Crippen molar-refractivity contribution in [1.82, 2.24) is 60.3 Å². The van der Waals surface area contributed by atoms with Crippen LogP contribution in [-0.2, 0) is 0 Å². The highest BCUT2D eigenvalue weighted by atomic mass is 15.1. The second-order valence-corrected chi connectivity index (χ2v) is 14.8. The van der Waals surface area contributed by atoms with Crippen LogP contribution in [0.3, 0.4) is 0 Å². The Hall–Kier alpha value is -9.94. The smallest absolute Gasteiger partial charge is 0.159 e. The number of hydrogen-bond acceptors (Lipinski definition) is 12. The molecule has 8 heterocycles. The average molecular weight is 1350 g/mol. The summed E-state index contributed by atoms with van der Waals surface area (Å²) in [5, 5.41) is 24.5. The molecule has 0 radical (unpaired) electrons. The maximum atomic E-state index is 4.18. The average Bonchev–Trinajstić information content (AvgIpc) is 2.04. The van der Waals surface area contributed by atoms with Crippen molar-refractivity contribution in [2.75, 3.05) is 0 Å². The Kier molecular flexibility index (Phi) is 91.4. The van der Waals surface area contributed by atoms with E-state index in [1.54, 1.807) is 49.7 Å². The number of pyridine rings is 4. The molecule has 0 atom stereocenters. The van der Waals surface area contributed by atoms with Crippen LogP contribution < -0.4 is 0 Å². The third-order valence-corrected chi connectivity index (χ3v) is 10.1. The van der Waals surface area contributed by atoms with Gasteiger partial charge in [-0.15, -0.1) is 0 Å². The van der Waals surface area contributed by atoms with E-state index in [4.69, 9.17) is 0 Å². The maximum absolute atomic E-state index is 4.18. The van der Waals surface area contributed by atoms with Crippen LogP contribution in [0.1, 0.15) is 201 Å². The second kappa shape index (κ2) is 86.1. The molecular weight excluding hydrogens is 1210 g/mol. The van der Waals surface area contributed by atoms with Crippen molar-refractivity contribution in [3.8, 4) is 0 Å². The zero-order valence-electron chi connectivity index (χ0n) is 65.8. The number of nitrogens with zero attached hydrogens (tertiary/aromatic N) is 12. The van der Waals surface area contributed by atoms with Gasteiger partial charge in [-0.1, -0.05) is 323 Å². The van der Waals surface area contributed by atoms with Crippen LogP contribution >= 0.6 is 0 Å². The Labute approximate surface area is 603 Å². The van der Waals surface area contributed by atoms with E-state index < -0.39 is 0 Å². The third-order valence-electron chi connectivity index (χ3n) is 10.1. The lowest BCUT2D eigenvalue weighted by molar-refractivity contribution is 1.05. The third kappa shape index (κ3) is 48.4. The first-order valence-corrected chi connectivity index (χ1v) is 36.1. The highest BCUT2D eigenvalue weighted by Gasteiger charge is 1.93. The van der Waals surface area contributed by atoms with Crippen molar-refractivity contribution in [2.45, 2.75) is 201 Å². The Bertz CT molecular complexity index is 2650. The van der Waals surface area contributed by atoms with Crippen LogP contribution in [0.4, 0.5) is 0 Å². The predicted octanol–water partition coefficient (Wildman–Crippen LogP) is 27.6. The Morgan fingerprint density at radius 3 is 0.869 bits per heavy atom. The Morgan fingerprint density at radius 1 is 0.182 bits per heavy atom. The molecule has 12 heteroatoms. The first-order chi connectivity index (χ1) is 48.8. The largest absolute Gasteiger partial charge is 0.264 e. The van der Waals surface area contributed by atoms with Gasteiger partial charge in [-0.25, -0.2) is 19.9 Å². The van der Waals surface area contributed by atoms with E-state index >= 15 is 0 Å². The predicted molar refractivity (Wildman–Crippen MR) is 447 cm³/mol. The zero-order valence-corrected chi connectivity index (χ0v) is 65.8. The van der Waals surface area contributed by atoms with Gasteiger partial charge in [0.15, 0.2) is 5.65 Å². The van der Waals surface area contributed by atoms with Gasteiger partial charge in [0.1, 0.15) is 6.33 Å². The van der Waals surface area contributed by atoms with Gasteiger partial charge < -0.3 is 0 Å². The van der Waals surface area contributed by atoms with Gasteiger partial charge in [-0.2, -0.15) is 20.4 Å². The number of benzene rings is 6. The molecule has 0 fully saturated rings. The number of fused-ring (bicyclic) bond motifs is 7. The minimum atomic E-state index is 0. The monoisotopic (exact) mass is 1350 g/mol. The van der Waals surface area contributed by atoms with E-state index in [0.29, 0.717) is 0 Å². The van der Waals surface area contributed by atoms with Gasteiger partial charge >= 0.3 is 0 Å². The summed E-state index contributed by atoms with van der Waals surface area (Å²) in [7, 11) is 0. The van der Waals surface area contributed by atoms with Crippen LogP contribution in [0.25, 0.3) is 76.3 Å². The summed E-state index contributed by atoms with van der Waals surface area (Å²) in [6.45, 7) is 56.0. The molecule has 8 aromatic heterocycles. The Morgan fingerprint density at radius 2 is 0.475 bits per heavy atom.